The number of hydrogen-bond acceptors (Lipinski definition) is 3. The number of H-pyrrole nitrogens is 1. The minimum Gasteiger partial charge on any atom is -0.496 e. The Bertz CT molecular complexity index is 672. The zero-order valence-electron chi connectivity index (χ0n) is 13.1. The minimum atomic E-state index is 0.0876. The number of halogens is 1. The predicted molar refractivity (Wildman–Crippen MR) is 88.9 cm³/mol. The summed E-state index contributed by atoms with van der Waals surface area (Å²) in [5, 5.41) is 7.42. The maximum absolute atomic E-state index is 12.7. The molecule has 1 amide bonds. The number of ether oxygens (including phenoxy) is 1. The van der Waals surface area contributed by atoms with E-state index in [2.05, 4.69) is 10.2 Å². The van der Waals surface area contributed by atoms with Gasteiger partial charge in [0.15, 0.2) is 0 Å². The second-order valence-corrected chi connectivity index (χ2v) is 6.22. The zero-order valence-corrected chi connectivity index (χ0v) is 13.8. The SMILES string of the molecule is COc1cccc(Cl)c1CC(=O)N1CCC[C@@H](c2cn[nH]c2)C1. The Labute approximate surface area is 140 Å². The molecule has 0 aliphatic carbocycles. The molecule has 122 valence electrons. The maximum Gasteiger partial charge on any atom is 0.227 e. The maximum atomic E-state index is 12.7. The average Bonchev–Trinajstić information content (AvgIpc) is 3.11. The third kappa shape index (κ3) is 3.50. The molecule has 0 bridgehead atoms. The van der Waals surface area contributed by atoms with Crippen LogP contribution in [0.15, 0.2) is 30.6 Å². The van der Waals surface area contributed by atoms with Gasteiger partial charge >= 0.3 is 0 Å². The lowest BCUT2D eigenvalue weighted by Crippen LogP contribution is -2.40. The topological polar surface area (TPSA) is 58.2 Å². The fraction of sp³-hybridized carbons (Fsp3) is 0.412. The summed E-state index contributed by atoms with van der Waals surface area (Å²) >= 11 is 6.24. The number of carbonyl (C=O) groups is 1. The number of nitrogens with zero attached hydrogens (tertiary/aromatic N) is 2. The monoisotopic (exact) mass is 333 g/mol. The second-order valence-electron chi connectivity index (χ2n) is 5.81. The van der Waals surface area contributed by atoms with E-state index in [0.717, 1.165) is 37.1 Å². The first kappa shape index (κ1) is 15.9. The van der Waals surface area contributed by atoms with Gasteiger partial charge in [0.1, 0.15) is 5.75 Å². The van der Waals surface area contributed by atoms with Gasteiger partial charge < -0.3 is 9.64 Å². The van der Waals surface area contributed by atoms with Crippen molar-refractivity contribution in [2.75, 3.05) is 20.2 Å². The van der Waals surface area contributed by atoms with E-state index in [0.29, 0.717) is 16.7 Å². The molecular formula is C17H20ClN3O2. The van der Waals surface area contributed by atoms with Crippen molar-refractivity contribution >= 4 is 17.5 Å². The van der Waals surface area contributed by atoms with E-state index in [9.17, 15) is 4.79 Å². The van der Waals surface area contributed by atoms with Crippen LogP contribution in [0.3, 0.4) is 0 Å². The third-order valence-electron chi connectivity index (χ3n) is 4.39. The quantitative estimate of drug-likeness (QED) is 0.935. The number of carbonyl (C=O) groups excluding carboxylic acids is 1. The summed E-state index contributed by atoms with van der Waals surface area (Å²) in [7, 11) is 1.59. The molecule has 1 aliphatic heterocycles. The summed E-state index contributed by atoms with van der Waals surface area (Å²) in [4.78, 5) is 14.6. The van der Waals surface area contributed by atoms with Crippen molar-refractivity contribution in [1.29, 1.82) is 0 Å². The summed E-state index contributed by atoms with van der Waals surface area (Å²) in [5.74, 6) is 1.10. The molecule has 1 aromatic heterocycles. The fourth-order valence-electron chi connectivity index (χ4n) is 3.12. The number of aromatic nitrogens is 2. The second kappa shape index (κ2) is 7.04. The van der Waals surface area contributed by atoms with Crippen molar-refractivity contribution in [1.82, 2.24) is 15.1 Å². The first-order valence-corrected chi connectivity index (χ1v) is 8.14. The van der Waals surface area contributed by atoms with E-state index >= 15 is 0 Å². The Hall–Kier alpha value is -2.01. The van der Waals surface area contributed by atoms with Crippen LogP contribution >= 0.6 is 11.6 Å². The summed E-state index contributed by atoms with van der Waals surface area (Å²) in [5.41, 5.74) is 1.92. The van der Waals surface area contributed by atoms with Gasteiger partial charge in [-0.05, 0) is 30.5 Å². The van der Waals surface area contributed by atoms with Crippen molar-refractivity contribution < 1.29 is 9.53 Å². The molecule has 1 aromatic carbocycles. The highest BCUT2D eigenvalue weighted by Gasteiger charge is 2.26. The zero-order chi connectivity index (χ0) is 16.2. The molecule has 0 saturated carbocycles. The molecule has 0 spiro atoms. The highest BCUT2D eigenvalue weighted by Crippen LogP contribution is 2.29. The van der Waals surface area contributed by atoms with Crippen molar-refractivity contribution in [2.45, 2.75) is 25.2 Å². The van der Waals surface area contributed by atoms with Gasteiger partial charge in [0.2, 0.25) is 5.91 Å². The smallest absolute Gasteiger partial charge is 0.227 e. The van der Waals surface area contributed by atoms with Gasteiger partial charge in [0.25, 0.3) is 0 Å². The van der Waals surface area contributed by atoms with Gasteiger partial charge in [-0.3, -0.25) is 9.89 Å². The van der Waals surface area contributed by atoms with Gasteiger partial charge in [-0.1, -0.05) is 17.7 Å². The number of piperidine rings is 1. The van der Waals surface area contributed by atoms with Crippen molar-refractivity contribution in [3.05, 3.63) is 46.7 Å². The predicted octanol–water partition coefficient (Wildman–Crippen LogP) is 3.02. The average molecular weight is 334 g/mol. The van der Waals surface area contributed by atoms with Crippen LogP contribution in [0.2, 0.25) is 5.02 Å². The Kier molecular flexibility index (Phi) is 4.86. The molecule has 5 nitrogen and oxygen atoms in total. The molecular weight excluding hydrogens is 314 g/mol. The molecule has 1 fully saturated rings. The van der Waals surface area contributed by atoms with Crippen molar-refractivity contribution in [3.63, 3.8) is 0 Å². The van der Waals surface area contributed by atoms with E-state index in [-0.39, 0.29) is 12.3 Å². The highest BCUT2D eigenvalue weighted by atomic mass is 35.5. The molecule has 0 unspecified atom stereocenters. The Morgan fingerprint density at radius 1 is 1.52 bits per heavy atom. The molecule has 2 heterocycles. The van der Waals surface area contributed by atoms with E-state index in [1.165, 1.54) is 0 Å². The lowest BCUT2D eigenvalue weighted by molar-refractivity contribution is -0.131. The molecule has 3 rings (SSSR count). The summed E-state index contributed by atoms with van der Waals surface area (Å²) in [6.07, 6.45) is 6.10. The molecule has 1 aliphatic rings. The van der Waals surface area contributed by atoms with Crippen LogP contribution < -0.4 is 4.74 Å². The Morgan fingerprint density at radius 2 is 2.39 bits per heavy atom. The molecule has 1 N–H and O–H groups in total. The van der Waals surface area contributed by atoms with Gasteiger partial charge in [-0.15, -0.1) is 0 Å². The summed E-state index contributed by atoms with van der Waals surface area (Å²) in [6, 6.07) is 5.45. The highest BCUT2D eigenvalue weighted by molar-refractivity contribution is 6.31. The number of methoxy groups -OCH3 is 1. The standard InChI is InChI=1S/C17H20ClN3O2/c1-23-16-6-2-5-15(18)14(16)8-17(22)21-7-3-4-12(11-21)13-9-19-20-10-13/h2,5-6,9-10,12H,3-4,7-8,11H2,1H3,(H,19,20)/t12-/m1/s1. The number of amides is 1. The number of nitrogens with one attached hydrogen (secondary N) is 1. The minimum absolute atomic E-state index is 0.0876. The number of aromatic amines is 1. The molecule has 2 aromatic rings. The number of likely N-dealkylation sites (tertiary alicyclic amines) is 1. The molecule has 1 atom stereocenters. The summed E-state index contributed by atoms with van der Waals surface area (Å²) in [6.45, 7) is 1.52. The molecule has 1 saturated heterocycles. The third-order valence-corrected chi connectivity index (χ3v) is 4.74. The van der Waals surface area contributed by atoms with Gasteiger partial charge in [-0.2, -0.15) is 5.10 Å². The van der Waals surface area contributed by atoms with E-state index in [1.807, 2.05) is 29.4 Å². The molecule has 0 radical (unpaired) electrons. The first-order valence-electron chi connectivity index (χ1n) is 7.77. The van der Waals surface area contributed by atoms with Crippen LogP contribution in [0.5, 0.6) is 5.75 Å². The van der Waals surface area contributed by atoms with Crippen LogP contribution in [-0.2, 0) is 11.2 Å². The van der Waals surface area contributed by atoms with Crippen molar-refractivity contribution in [3.8, 4) is 5.75 Å². The number of benzene rings is 1. The lowest BCUT2D eigenvalue weighted by Gasteiger charge is -2.32. The van der Waals surface area contributed by atoms with Crippen LogP contribution in [0.25, 0.3) is 0 Å². The largest absolute Gasteiger partial charge is 0.496 e. The van der Waals surface area contributed by atoms with Crippen LogP contribution in [0.1, 0.15) is 29.9 Å². The Morgan fingerprint density at radius 3 is 3.13 bits per heavy atom. The van der Waals surface area contributed by atoms with Gasteiger partial charge in [-0.25, -0.2) is 0 Å². The van der Waals surface area contributed by atoms with E-state index < -0.39 is 0 Å². The van der Waals surface area contributed by atoms with E-state index in [4.69, 9.17) is 16.3 Å². The molecule has 6 heteroatoms. The summed E-state index contributed by atoms with van der Waals surface area (Å²) < 4.78 is 5.33. The normalized spacial score (nSPS) is 18.0. The Balaban J connectivity index is 1.71. The van der Waals surface area contributed by atoms with Crippen LogP contribution in [-0.4, -0.2) is 41.2 Å². The van der Waals surface area contributed by atoms with E-state index in [1.54, 1.807) is 13.2 Å². The van der Waals surface area contributed by atoms with Crippen LogP contribution in [0, 0.1) is 0 Å². The van der Waals surface area contributed by atoms with Gasteiger partial charge in [0.05, 0.1) is 19.7 Å². The number of hydrogen-bond donors (Lipinski definition) is 1. The first-order chi connectivity index (χ1) is 11.2. The molecule has 23 heavy (non-hydrogen) atoms. The fourth-order valence-corrected chi connectivity index (χ4v) is 3.36. The van der Waals surface area contributed by atoms with Gasteiger partial charge in [0, 0.05) is 35.8 Å². The van der Waals surface area contributed by atoms with Crippen molar-refractivity contribution in [2.24, 2.45) is 0 Å². The number of rotatable bonds is 4. The lowest BCUT2D eigenvalue weighted by atomic mass is 9.92. The van der Waals surface area contributed by atoms with Crippen LogP contribution in [0.4, 0.5) is 0 Å².